The lowest BCUT2D eigenvalue weighted by molar-refractivity contribution is 0.0957. The van der Waals surface area contributed by atoms with Gasteiger partial charge in [0.25, 0.3) is 5.91 Å². The van der Waals surface area contributed by atoms with Crippen molar-refractivity contribution >= 4 is 49.1 Å². The Morgan fingerprint density at radius 3 is 2.87 bits per heavy atom. The zero-order valence-electron chi connectivity index (χ0n) is 7.85. The molecule has 0 saturated carbocycles. The standard InChI is InChI=1S/C10H9Br2NOS/c1-2-3-4-5-13-10(14)8-6-7(11)9(12)15-8/h1,6H,3-5H2,(H,13,14). The average molecular weight is 351 g/mol. The van der Waals surface area contributed by atoms with Gasteiger partial charge in [0.1, 0.15) is 0 Å². The fraction of sp³-hybridized carbons (Fsp3) is 0.300. The van der Waals surface area contributed by atoms with Gasteiger partial charge in [-0.05, 0) is 44.3 Å². The highest BCUT2D eigenvalue weighted by molar-refractivity contribution is 9.13. The van der Waals surface area contributed by atoms with Gasteiger partial charge in [-0.1, -0.05) is 0 Å². The van der Waals surface area contributed by atoms with Gasteiger partial charge >= 0.3 is 0 Å². The molecule has 0 aliphatic rings. The topological polar surface area (TPSA) is 29.1 Å². The van der Waals surface area contributed by atoms with Crippen LogP contribution in [0.25, 0.3) is 0 Å². The van der Waals surface area contributed by atoms with E-state index in [1.807, 2.05) is 0 Å². The van der Waals surface area contributed by atoms with Gasteiger partial charge in [-0.25, -0.2) is 0 Å². The molecule has 15 heavy (non-hydrogen) atoms. The number of hydrogen-bond donors (Lipinski definition) is 1. The fourth-order valence-corrected chi connectivity index (χ4v) is 2.89. The molecule has 1 heterocycles. The Hall–Kier alpha value is -0.310. The lowest BCUT2D eigenvalue weighted by atomic mass is 10.3. The quantitative estimate of drug-likeness (QED) is 0.654. The molecule has 1 amide bonds. The number of thiophene rings is 1. The van der Waals surface area contributed by atoms with Crippen molar-refractivity contribution in [1.82, 2.24) is 5.32 Å². The summed E-state index contributed by atoms with van der Waals surface area (Å²) in [4.78, 5) is 12.3. The first-order valence-electron chi connectivity index (χ1n) is 4.31. The molecule has 5 heteroatoms. The van der Waals surface area contributed by atoms with E-state index in [-0.39, 0.29) is 5.91 Å². The van der Waals surface area contributed by atoms with Gasteiger partial charge in [0, 0.05) is 17.4 Å². The molecule has 1 rings (SSSR count). The molecule has 1 aromatic rings. The molecule has 0 bridgehead atoms. The number of rotatable bonds is 4. The largest absolute Gasteiger partial charge is 0.351 e. The Labute approximate surface area is 110 Å². The Morgan fingerprint density at radius 2 is 2.33 bits per heavy atom. The second-order valence-electron chi connectivity index (χ2n) is 2.80. The number of unbranched alkanes of at least 4 members (excludes halogenated alkanes) is 1. The van der Waals surface area contributed by atoms with E-state index in [9.17, 15) is 4.79 Å². The third-order valence-corrected chi connectivity index (χ3v) is 4.91. The monoisotopic (exact) mass is 349 g/mol. The van der Waals surface area contributed by atoms with E-state index in [0.717, 1.165) is 14.7 Å². The van der Waals surface area contributed by atoms with Crippen LogP contribution >= 0.6 is 43.2 Å². The summed E-state index contributed by atoms with van der Waals surface area (Å²) in [5.41, 5.74) is 0. The SMILES string of the molecule is C#CCCCNC(=O)c1cc(Br)c(Br)s1. The molecule has 0 aliphatic heterocycles. The molecule has 2 nitrogen and oxygen atoms in total. The van der Waals surface area contributed by atoms with Crippen LogP contribution in [0.2, 0.25) is 0 Å². The van der Waals surface area contributed by atoms with Gasteiger partial charge in [-0.15, -0.1) is 23.7 Å². The molecule has 0 aliphatic carbocycles. The van der Waals surface area contributed by atoms with Gasteiger partial charge < -0.3 is 5.32 Å². The molecular weight excluding hydrogens is 342 g/mol. The zero-order valence-corrected chi connectivity index (χ0v) is 11.8. The summed E-state index contributed by atoms with van der Waals surface area (Å²) in [5.74, 6) is 2.48. The summed E-state index contributed by atoms with van der Waals surface area (Å²) in [5, 5.41) is 2.81. The second-order valence-corrected chi connectivity index (χ2v) is 6.02. The van der Waals surface area contributed by atoms with Crippen molar-refractivity contribution in [3.8, 4) is 12.3 Å². The van der Waals surface area contributed by atoms with E-state index in [1.54, 1.807) is 6.07 Å². The molecule has 0 unspecified atom stereocenters. The number of carbonyl (C=O) groups is 1. The lowest BCUT2D eigenvalue weighted by Gasteiger charge is -2.00. The first-order chi connectivity index (χ1) is 7.15. The van der Waals surface area contributed by atoms with Crippen molar-refractivity contribution in [3.05, 3.63) is 19.2 Å². The maximum absolute atomic E-state index is 11.6. The van der Waals surface area contributed by atoms with Crippen molar-refractivity contribution in [1.29, 1.82) is 0 Å². The van der Waals surface area contributed by atoms with Crippen LogP contribution in [0.1, 0.15) is 22.5 Å². The van der Waals surface area contributed by atoms with Gasteiger partial charge in [-0.2, -0.15) is 0 Å². The van der Waals surface area contributed by atoms with Crippen molar-refractivity contribution < 1.29 is 4.79 Å². The highest BCUT2D eigenvalue weighted by Gasteiger charge is 2.10. The molecular formula is C10H9Br2NOS. The number of halogens is 2. The summed E-state index contributed by atoms with van der Waals surface area (Å²) in [6.07, 6.45) is 6.61. The predicted molar refractivity (Wildman–Crippen MR) is 70.1 cm³/mol. The zero-order chi connectivity index (χ0) is 11.3. The molecule has 0 atom stereocenters. The fourth-order valence-electron chi connectivity index (χ4n) is 0.938. The maximum atomic E-state index is 11.6. The van der Waals surface area contributed by atoms with E-state index in [2.05, 4.69) is 43.1 Å². The van der Waals surface area contributed by atoms with E-state index >= 15 is 0 Å². The van der Waals surface area contributed by atoms with Crippen molar-refractivity contribution in [2.75, 3.05) is 6.54 Å². The van der Waals surface area contributed by atoms with E-state index < -0.39 is 0 Å². The van der Waals surface area contributed by atoms with Crippen molar-refractivity contribution in [2.45, 2.75) is 12.8 Å². The lowest BCUT2D eigenvalue weighted by Crippen LogP contribution is -2.23. The minimum absolute atomic E-state index is 0.0524. The van der Waals surface area contributed by atoms with Crippen LogP contribution in [0.3, 0.4) is 0 Å². The molecule has 0 spiro atoms. The van der Waals surface area contributed by atoms with Gasteiger partial charge in [0.15, 0.2) is 0 Å². The summed E-state index contributed by atoms with van der Waals surface area (Å²) in [6.45, 7) is 0.621. The van der Waals surface area contributed by atoms with Crippen LogP contribution in [0, 0.1) is 12.3 Å². The first-order valence-corrected chi connectivity index (χ1v) is 6.72. The number of hydrogen-bond acceptors (Lipinski definition) is 2. The third kappa shape index (κ3) is 3.98. The Kier molecular flexibility index (Phi) is 5.37. The summed E-state index contributed by atoms with van der Waals surface area (Å²) in [7, 11) is 0. The number of amides is 1. The number of nitrogens with one attached hydrogen (secondary N) is 1. The highest BCUT2D eigenvalue weighted by Crippen LogP contribution is 2.32. The van der Waals surface area contributed by atoms with E-state index in [4.69, 9.17) is 6.42 Å². The van der Waals surface area contributed by atoms with E-state index in [0.29, 0.717) is 17.8 Å². The highest BCUT2D eigenvalue weighted by atomic mass is 79.9. The predicted octanol–water partition coefficient (Wildman–Crippen LogP) is 3.42. The number of carbonyl (C=O) groups excluding carboxylic acids is 1. The third-order valence-electron chi connectivity index (χ3n) is 1.65. The normalized spacial score (nSPS) is 9.67. The summed E-state index contributed by atoms with van der Waals surface area (Å²) >= 11 is 8.08. The minimum Gasteiger partial charge on any atom is -0.351 e. The molecule has 80 valence electrons. The molecule has 0 fully saturated rings. The second kappa shape index (κ2) is 6.31. The Balaban J connectivity index is 2.44. The van der Waals surface area contributed by atoms with Gasteiger partial charge in [-0.3, -0.25) is 4.79 Å². The van der Waals surface area contributed by atoms with Crippen LogP contribution in [0.4, 0.5) is 0 Å². The molecule has 1 aromatic heterocycles. The van der Waals surface area contributed by atoms with Gasteiger partial charge in [0.05, 0.1) is 8.66 Å². The van der Waals surface area contributed by atoms with Crippen LogP contribution in [0.5, 0.6) is 0 Å². The molecule has 0 saturated heterocycles. The van der Waals surface area contributed by atoms with Gasteiger partial charge in [0.2, 0.25) is 0 Å². The van der Waals surface area contributed by atoms with Crippen molar-refractivity contribution in [2.24, 2.45) is 0 Å². The molecule has 0 radical (unpaired) electrons. The van der Waals surface area contributed by atoms with E-state index in [1.165, 1.54) is 11.3 Å². The maximum Gasteiger partial charge on any atom is 0.261 e. The van der Waals surface area contributed by atoms with Crippen LogP contribution in [-0.2, 0) is 0 Å². The first kappa shape index (κ1) is 12.8. The van der Waals surface area contributed by atoms with Crippen LogP contribution in [-0.4, -0.2) is 12.5 Å². The summed E-state index contributed by atoms with van der Waals surface area (Å²) in [6, 6.07) is 1.80. The smallest absolute Gasteiger partial charge is 0.261 e. The Morgan fingerprint density at radius 1 is 1.60 bits per heavy atom. The number of terminal acetylenes is 1. The molecule has 0 aromatic carbocycles. The summed E-state index contributed by atoms with van der Waals surface area (Å²) < 4.78 is 1.83. The van der Waals surface area contributed by atoms with Crippen molar-refractivity contribution in [3.63, 3.8) is 0 Å². The van der Waals surface area contributed by atoms with Crippen LogP contribution in [0.15, 0.2) is 14.3 Å². The minimum atomic E-state index is -0.0524. The Bertz CT molecular complexity index is 375. The van der Waals surface area contributed by atoms with Crippen LogP contribution < -0.4 is 5.32 Å². The molecule has 1 N–H and O–H groups in total. The average Bonchev–Trinajstić information content (AvgIpc) is 2.54.